The summed E-state index contributed by atoms with van der Waals surface area (Å²) in [7, 11) is 0. The van der Waals surface area contributed by atoms with Crippen LogP contribution in [0.4, 0.5) is 0 Å². The van der Waals surface area contributed by atoms with Crippen LogP contribution in [-0.2, 0) is 0 Å². The normalized spacial score (nSPS) is 22.9. The van der Waals surface area contributed by atoms with Crippen molar-refractivity contribution in [3.8, 4) is 0 Å². The lowest BCUT2D eigenvalue weighted by Crippen LogP contribution is -2.25. The second-order valence-corrected chi connectivity index (χ2v) is 3.87. The number of hydrogen-bond donors (Lipinski definition) is 1. The molecule has 0 radical (unpaired) electrons. The van der Waals surface area contributed by atoms with Gasteiger partial charge in [0.1, 0.15) is 0 Å². The molecular formula is C13H17N. The van der Waals surface area contributed by atoms with Crippen LogP contribution < -0.4 is 5.73 Å². The van der Waals surface area contributed by atoms with Gasteiger partial charge in [0.05, 0.1) is 6.04 Å². The first-order valence-corrected chi connectivity index (χ1v) is 5.36. The van der Waals surface area contributed by atoms with Crippen molar-refractivity contribution in [1.29, 1.82) is 0 Å². The van der Waals surface area contributed by atoms with Crippen molar-refractivity contribution in [2.45, 2.75) is 31.7 Å². The van der Waals surface area contributed by atoms with E-state index in [-0.39, 0.29) is 6.04 Å². The average molecular weight is 187 g/mol. The summed E-state index contributed by atoms with van der Waals surface area (Å²) in [6.45, 7) is 0. The average Bonchev–Trinajstić information content (AvgIpc) is 2.30. The van der Waals surface area contributed by atoms with Gasteiger partial charge < -0.3 is 5.73 Å². The number of allylic oxidation sites excluding steroid dienone is 5. The molecule has 74 valence electrons. The lowest BCUT2D eigenvalue weighted by Gasteiger charge is -2.20. The lowest BCUT2D eigenvalue weighted by atomic mass is 9.90. The highest BCUT2D eigenvalue weighted by Gasteiger charge is 2.13. The van der Waals surface area contributed by atoms with E-state index in [0.717, 1.165) is 25.7 Å². The molecule has 0 amide bonds. The Bertz CT molecular complexity index is 318. The highest BCUT2D eigenvalue weighted by Crippen LogP contribution is 2.22. The van der Waals surface area contributed by atoms with Crippen molar-refractivity contribution >= 4 is 0 Å². The highest BCUT2D eigenvalue weighted by atomic mass is 14.6. The van der Waals surface area contributed by atoms with Crippen molar-refractivity contribution in [2.75, 3.05) is 0 Å². The Balaban J connectivity index is 2.10. The smallest absolute Gasteiger partial charge is 0.0510 e. The molecule has 0 aromatic carbocycles. The third-order valence-corrected chi connectivity index (χ3v) is 2.83. The van der Waals surface area contributed by atoms with Crippen molar-refractivity contribution in [3.63, 3.8) is 0 Å². The maximum atomic E-state index is 6.20. The summed E-state index contributed by atoms with van der Waals surface area (Å²) < 4.78 is 0. The molecule has 1 nitrogen and oxygen atoms in total. The van der Waals surface area contributed by atoms with Crippen LogP contribution in [0.15, 0.2) is 47.6 Å². The van der Waals surface area contributed by atoms with Crippen LogP contribution in [0.3, 0.4) is 0 Å². The van der Waals surface area contributed by atoms with Gasteiger partial charge in [0.25, 0.3) is 0 Å². The van der Waals surface area contributed by atoms with Crippen LogP contribution in [0.25, 0.3) is 0 Å². The molecule has 1 heteroatoms. The van der Waals surface area contributed by atoms with Gasteiger partial charge in [-0.3, -0.25) is 0 Å². The van der Waals surface area contributed by atoms with E-state index in [1.54, 1.807) is 0 Å². The summed E-state index contributed by atoms with van der Waals surface area (Å²) in [4.78, 5) is 0. The number of hydrogen-bond acceptors (Lipinski definition) is 1. The first kappa shape index (κ1) is 9.47. The third kappa shape index (κ3) is 2.05. The molecule has 0 aromatic rings. The zero-order chi connectivity index (χ0) is 9.80. The first-order chi connectivity index (χ1) is 6.88. The van der Waals surface area contributed by atoms with Gasteiger partial charge in [-0.25, -0.2) is 0 Å². The Hall–Kier alpha value is -1.08. The lowest BCUT2D eigenvalue weighted by molar-refractivity contribution is 0.801. The van der Waals surface area contributed by atoms with Gasteiger partial charge in [-0.05, 0) is 36.8 Å². The van der Waals surface area contributed by atoms with Crippen LogP contribution >= 0.6 is 0 Å². The minimum atomic E-state index is 0.122. The van der Waals surface area contributed by atoms with Crippen LogP contribution in [0, 0.1) is 0 Å². The number of nitrogens with two attached hydrogens (primary N) is 1. The minimum Gasteiger partial charge on any atom is -0.321 e. The van der Waals surface area contributed by atoms with Crippen molar-refractivity contribution in [2.24, 2.45) is 5.73 Å². The Morgan fingerprint density at radius 3 is 2.71 bits per heavy atom. The molecule has 2 aliphatic carbocycles. The SMILES string of the molecule is NC(C1=CCCC=C1)C1=CC=CCC1. The molecule has 0 spiro atoms. The molecule has 0 aromatic heterocycles. The Morgan fingerprint density at radius 2 is 2.07 bits per heavy atom. The predicted molar refractivity (Wildman–Crippen MR) is 60.9 cm³/mol. The van der Waals surface area contributed by atoms with Gasteiger partial charge in [0, 0.05) is 0 Å². The maximum absolute atomic E-state index is 6.20. The second kappa shape index (κ2) is 4.43. The van der Waals surface area contributed by atoms with E-state index in [0.29, 0.717) is 0 Å². The standard InChI is InChI=1S/C13H17N/c14-13(11-7-3-1-4-8-11)12-9-5-2-6-10-12/h1,3,5,7,9-10,13H,2,4,6,8,14H2. The fourth-order valence-corrected chi connectivity index (χ4v) is 1.96. The van der Waals surface area contributed by atoms with Crippen LogP contribution in [0.1, 0.15) is 25.7 Å². The molecule has 0 heterocycles. The fraction of sp³-hybridized carbons (Fsp3) is 0.385. The molecule has 2 aliphatic rings. The van der Waals surface area contributed by atoms with Crippen molar-refractivity contribution in [1.82, 2.24) is 0 Å². The van der Waals surface area contributed by atoms with E-state index < -0.39 is 0 Å². The summed E-state index contributed by atoms with van der Waals surface area (Å²) >= 11 is 0. The molecule has 1 atom stereocenters. The largest absolute Gasteiger partial charge is 0.321 e. The van der Waals surface area contributed by atoms with Crippen molar-refractivity contribution < 1.29 is 0 Å². The molecule has 14 heavy (non-hydrogen) atoms. The quantitative estimate of drug-likeness (QED) is 0.706. The van der Waals surface area contributed by atoms with Crippen molar-refractivity contribution in [3.05, 3.63) is 47.6 Å². The second-order valence-electron chi connectivity index (χ2n) is 3.87. The molecular weight excluding hydrogens is 170 g/mol. The first-order valence-electron chi connectivity index (χ1n) is 5.36. The highest BCUT2D eigenvalue weighted by molar-refractivity contribution is 5.37. The van der Waals surface area contributed by atoms with E-state index in [1.165, 1.54) is 11.1 Å². The minimum absolute atomic E-state index is 0.122. The van der Waals surface area contributed by atoms with Gasteiger partial charge in [0.2, 0.25) is 0 Å². The zero-order valence-electron chi connectivity index (χ0n) is 8.45. The molecule has 0 fully saturated rings. The summed E-state index contributed by atoms with van der Waals surface area (Å²) in [6, 6.07) is 0.122. The molecule has 2 rings (SSSR count). The fourth-order valence-electron chi connectivity index (χ4n) is 1.96. The molecule has 0 saturated heterocycles. The molecule has 0 bridgehead atoms. The van der Waals surface area contributed by atoms with Gasteiger partial charge in [-0.15, -0.1) is 0 Å². The predicted octanol–water partition coefficient (Wildman–Crippen LogP) is 2.87. The zero-order valence-corrected chi connectivity index (χ0v) is 8.45. The van der Waals surface area contributed by atoms with Gasteiger partial charge >= 0.3 is 0 Å². The monoisotopic (exact) mass is 187 g/mol. The van der Waals surface area contributed by atoms with E-state index in [1.807, 2.05) is 0 Å². The van der Waals surface area contributed by atoms with Gasteiger partial charge in [0.15, 0.2) is 0 Å². The Kier molecular flexibility index (Phi) is 3.00. The molecule has 1 unspecified atom stereocenters. The molecule has 2 N–H and O–H groups in total. The summed E-state index contributed by atoms with van der Waals surface area (Å²) in [5, 5.41) is 0. The molecule has 0 aliphatic heterocycles. The van der Waals surface area contributed by atoms with E-state index in [9.17, 15) is 0 Å². The van der Waals surface area contributed by atoms with Gasteiger partial charge in [-0.2, -0.15) is 0 Å². The van der Waals surface area contributed by atoms with Crippen LogP contribution in [0.2, 0.25) is 0 Å². The van der Waals surface area contributed by atoms with Gasteiger partial charge in [-0.1, -0.05) is 36.5 Å². The van der Waals surface area contributed by atoms with Crippen LogP contribution in [0.5, 0.6) is 0 Å². The Morgan fingerprint density at radius 1 is 1.14 bits per heavy atom. The summed E-state index contributed by atoms with van der Waals surface area (Å²) in [6.07, 6.45) is 17.7. The Labute approximate surface area is 85.7 Å². The van der Waals surface area contributed by atoms with E-state index in [4.69, 9.17) is 5.73 Å². The van der Waals surface area contributed by atoms with E-state index in [2.05, 4.69) is 36.5 Å². The molecule has 0 saturated carbocycles. The topological polar surface area (TPSA) is 26.0 Å². The summed E-state index contributed by atoms with van der Waals surface area (Å²) in [5.41, 5.74) is 8.86. The van der Waals surface area contributed by atoms with Crippen LogP contribution in [-0.4, -0.2) is 6.04 Å². The number of rotatable bonds is 2. The maximum Gasteiger partial charge on any atom is 0.0510 e. The van der Waals surface area contributed by atoms with E-state index >= 15 is 0 Å². The third-order valence-electron chi connectivity index (χ3n) is 2.83. The summed E-state index contributed by atoms with van der Waals surface area (Å²) in [5.74, 6) is 0.